The minimum absolute atomic E-state index is 0.270. The lowest BCUT2D eigenvalue weighted by Gasteiger charge is -2.13. The summed E-state index contributed by atoms with van der Waals surface area (Å²) in [5, 5.41) is 0.715. The molecule has 5 nitrogen and oxygen atoms in total. The highest BCUT2D eigenvalue weighted by molar-refractivity contribution is 7.86. The van der Waals surface area contributed by atoms with Crippen molar-refractivity contribution in [2.45, 2.75) is 82.4 Å². The average Bonchev–Trinajstić information content (AvgIpc) is 2.68. The Morgan fingerprint density at radius 3 is 1.97 bits per heavy atom. The van der Waals surface area contributed by atoms with E-state index in [-0.39, 0.29) is 22.0 Å². The Hall–Kier alpha value is -1.92. The standard InChI is InChI=1S/C23H32O5S/c1-2-3-4-5-6-7-8-9-10-11-16-23(24)28-21-17-18-22(29(25,26)27)20-15-13-12-14-19(20)21/h12-15,17-18H,2-11,16H2,1H3,(H,25,26,27)/p-1. The summed E-state index contributed by atoms with van der Waals surface area (Å²) in [6.07, 6.45) is 12.2. The van der Waals surface area contributed by atoms with Crippen molar-refractivity contribution in [3.63, 3.8) is 0 Å². The number of ether oxygens (including phenoxy) is 1. The summed E-state index contributed by atoms with van der Waals surface area (Å²) < 4.78 is 39.7. The highest BCUT2D eigenvalue weighted by Gasteiger charge is 2.13. The van der Waals surface area contributed by atoms with Crippen LogP contribution in [0.25, 0.3) is 10.8 Å². The topological polar surface area (TPSA) is 83.5 Å². The molecule has 0 saturated heterocycles. The van der Waals surface area contributed by atoms with Gasteiger partial charge in [-0.25, -0.2) is 8.42 Å². The largest absolute Gasteiger partial charge is 0.744 e. The maximum atomic E-state index is 12.2. The third kappa shape index (κ3) is 7.78. The first-order valence-electron chi connectivity index (χ1n) is 10.6. The quantitative estimate of drug-likeness (QED) is 0.173. The van der Waals surface area contributed by atoms with E-state index >= 15 is 0 Å². The van der Waals surface area contributed by atoms with Crippen molar-refractivity contribution in [2.24, 2.45) is 0 Å². The number of fused-ring (bicyclic) bond motifs is 1. The van der Waals surface area contributed by atoms with Gasteiger partial charge in [0.25, 0.3) is 0 Å². The molecule has 0 N–H and O–H groups in total. The summed E-state index contributed by atoms with van der Waals surface area (Å²) in [6, 6.07) is 9.12. The Morgan fingerprint density at radius 2 is 1.38 bits per heavy atom. The van der Waals surface area contributed by atoms with E-state index in [1.807, 2.05) is 0 Å². The molecule has 2 rings (SSSR count). The fourth-order valence-electron chi connectivity index (χ4n) is 3.48. The Labute approximate surface area is 174 Å². The number of benzene rings is 2. The highest BCUT2D eigenvalue weighted by atomic mass is 32.2. The highest BCUT2D eigenvalue weighted by Crippen LogP contribution is 2.31. The van der Waals surface area contributed by atoms with Crippen LogP contribution >= 0.6 is 0 Å². The first kappa shape index (κ1) is 23.4. The molecule has 0 fully saturated rings. The second kappa shape index (κ2) is 11.9. The minimum Gasteiger partial charge on any atom is -0.744 e. The van der Waals surface area contributed by atoms with Crippen LogP contribution in [-0.4, -0.2) is 18.9 Å². The molecule has 0 aliphatic carbocycles. The van der Waals surface area contributed by atoms with Crippen LogP contribution in [0, 0.1) is 0 Å². The second-order valence-electron chi connectivity index (χ2n) is 7.47. The summed E-state index contributed by atoms with van der Waals surface area (Å²) >= 11 is 0. The Bertz CT molecular complexity index is 889. The van der Waals surface area contributed by atoms with Crippen molar-refractivity contribution in [1.82, 2.24) is 0 Å². The van der Waals surface area contributed by atoms with Gasteiger partial charge in [-0.05, 0) is 18.6 Å². The molecule has 29 heavy (non-hydrogen) atoms. The zero-order chi connectivity index (χ0) is 21.1. The van der Waals surface area contributed by atoms with Crippen LogP contribution in [0.5, 0.6) is 5.75 Å². The lowest BCUT2D eigenvalue weighted by molar-refractivity contribution is -0.134. The molecule has 0 bridgehead atoms. The van der Waals surface area contributed by atoms with E-state index in [9.17, 15) is 17.8 Å². The van der Waals surface area contributed by atoms with Crippen LogP contribution in [0.2, 0.25) is 0 Å². The van der Waals surface area contributed by atoms with Gasteiger partial charge in [0.2, 0.25) is 0 Å². The molecule has 0 heterocycles. The maximum Gasteiger partial charge on any atom is 0.311 e. The van der Waals surface area contributed by atoms with Crippen molar-refractivity contribution < 1.29 is 22.5 Å². The van der Waals surface area contributed by atoms with Crippen molar-refractivity contribution in [3.8, 4) is 5.75 Å². The third-order valence-electron chi connectivity index (χ3n) is 5.07. The van der Waals surface area contributed by atoms with Gasteiger partial charge in [-0.3, -0.25) is 4.79 Å². The molecular formula is C23H31O5S-. The molecule has 0 spiro atoms. The van der Waals surface area contributed by atoms with Crippen molar-refractivity contribution in [3.05, 3.63) is 36.4 Å². The molecule has 0 atom stereocenters. The van der Waals surface area contributed by atoms with Gasteiger partial charge >= 0.3 is 5.97 Å². The summed E-state index contributed by atoms with van der Waals surface area (Å²) in [7, 11) is -4.60. The molecule has 2 aromatic rings. The van der Waals surface area contributed by atoms with Gasteiger partial charge in [0.05, 0.1) is 4.90 Å². The monoisotopic (exact) mass is 419 g/mol. The molecule has 2 aromatic carbocycles. The Morgan fingerprint density at radius 1 is 0.828 bits per heavy atom. The molecule has 160 valence electrons. The van der Waals surface area contributed by atoms with E-state index in [1.165, 1.54) is 57.1 Å². The van der Waals surface area contributed by atoms with Gasteiger partial charge in [0.1, 0.15) is 15.9 Å². The Kier molecular flexibility index (Phi) is 9.61. The molecule has 0 unspecified atom stereocenters. The van der Waals surface area contributed by atoms with E-state index < -0.39 is 10.1 Å². The van der Waals surface area contributed by atoms with E-state index in [2.05, 4.69) is 6.92 Å². The van der Waals surface area contributed by atoms with Gasteiger partial charge in [0, 0.05) is 17.2 Å². The predicted molar refractivity (Wildman–Crippen MR) is 114 cm³/mol. The number of unbranched alkanes of at least 4 members (excludes halogenated alkanes) is 9. The van der Waals surface area contributed by atoms with Crippen LogP contribution in [0.15, 0.2) is 41.3 Å². The molecule has 0 aromatic heterocycles. The molecular weight excluding hydrogens is 388 g/mol. The summed E-state index contributed by atoms with van der Waals surface area (Å²) in [5.41, 5.74) is 0. The number of hydrogen-bond acceptors (Lipinski definition) is 5. The summed E-state index contributed by atoms with van der Waals surface area (Å²) in [6.45, 7) is 2.22. The maximum absolute atomic E-state index is 12.2. The molecule has 0 radical (unpaired) electrons. The number of rotatable bonds is 13. The molecule has 6 heteroatoms. The van der Waals surface area contributed by atoms with E-state index in [0.717, 1.165) is 19.3 Å². The minimum atomic E-state index is -4.60. The van der Waals surface area contributed by atoms with Gasteiger partial charge < -0.3 is 9.29 Å². The third-order valence-corrected chi connectivity index (χ3v) is 5.97. The second-order valence-corrected chi connectivity index (χ2v) is 8.82. The van der Waals surface area contributed by atoms with E-state index in [0.29, 0.717) is 11.8 Å². The zero-order valence-corrected chi connectivity index (χ0v) is 18.0. The number of carbonyl (C=O) groups is 1. The fraction of sp³-hybridized carbons (Fsp3) is 0.522. The lowest BCUT2D eigenvalue weighted by Crippen LogP contribution is -2.08. The van der Waals surface area contributed by atoms with E-state index in [4.69, 9.17) is 4.74 Å². The molecule has 0 aliphatic rings. The smallest absolute Gasteiger partial charge is 0.311 e. The summed E-state index contributed by atoms with van der Waals surface area (Å²) in [4.78, 5) is 11.9. The Balaban J connectivity index is 1.78. The molecule has 0 saturated carbocycles. The van der Waals surface area contributed by atoms with Gasteiger partial charge in [-0.2, -0.15) is 0 Å². The number of carbonyl (C=O) groups excluding carboxylic acids is 1. The van der Waals surface area contributed by atoms with Crippen molar-refractivity contribution in [1.29, 1.82) is 0 Å². The van der Waals surface area contributed by atoms with Crippen molar-refractivity contribution >= 4 is 26.9 Å². The van der Waals surface area contributed by atoms with Gasteiger partial charge in [-0.1, -0.05) is 89.0 Å². The first-order valence-corrected chi connectivity index (χ1v) is 12.0. The molecule has 0 amide bonds. The van der Waals surface area contributed by atoms with Crippen LogP contribution in [0.3, 0.4) is 0 Å². The van der Waals surface area contributed by atoms with E-state index in [1.54, 1.807) is 24.3 Å². The van der Waals surface area contributed by atoms with Gasteiger partial charge in [-0.15, -0.1) is 0 Å². The normalized spacial score (nSPS) is 11.7. The summed E-state index contributed by atoms with van der Waals surface area (Å²) in [5.74, 6) is -0.0578. The number of esters is 1. The van der Waals surface area contributed by atoms with Crippen LogP contribution in [0.1, 0.15) is 77.6 Å². The zero-order valence-electron chi connectivity index (χ0n) is 17.2. The van der Waals surface area contributed by atoms with Crippen LogP contribution in [0.4, 0.5) is 0 Å². The number of hydrogen-bond donors (Lipinski definition) is 0. The fourth-order valence-corrected chi connectivity index (χ4v) is 4.16. The van der Waals surface area contributed by atoms with Gasteiger partial charge in [0.15, 0.2) is 0 Å². The molecule has 0 aliphatic heterocycles. The SMILES string of the molecule is CCCCCCCCCCCCC(=O)Oc1ccc(S(=O)(=O)[O-])c2ccccc12. The lowest BCUT2D eigenvalue weighted by atomic mass is 10.1. The first-order chi connectivity index (χ1) is 13.9. The van der Waals surface area contributed by atoms with Crippen molar-refractivity contribution in [2.75, 3.05) is 0 Å². The van der Waals surface area contributed by atoms with Crippen LogP contribution in [-0.2, 0) is 14.9 Å². The van der Waals surface area contributed by atoms with Crippen LogP contribution < -0.4 is 4.74 Å². The predicted octanol–water partition coefficient (Wildman–Crippen LogP) is 5.96. The average molecular weight is 420 g/mol.